The van der Waals surface area contributed by atoms with Gasteiger partial charge in [-0.3, -0.25) is 4.99 Å². The van der Waals surface area contributed by atoms with Gasteiger partial charge in [0.1, 0.15) is 12.4 Å². The van der Waals surface area contributed by atoms with E-state index in [0.717, 1.165) is 12.2 Å². The summed E-state index contributed by atoms with van der Waals surface area (Å²) in [5.41, 5.74) is 8.41. The van der Waals surface area contributed by atoms with Crippen LogP contribution in [0.2, 0.25) is 0 Å². The molecule has 4 nitrogen and oxygen atoms in total. The van der Waals surface area contributed by atoms with E-state index in [1.165, 1.54) is 24.0 Å². The number of hydrogen-bond acceptors (Lipinski definition) is 2. The molecule has 24 heavy (non-hydrogen) atoms. The van der Waals surface area contributed by atoms with Crippen molar-refractivity contribution in [3.63, 3.8) is 0 Å². The summed E-state index contributed by atoms with van der Waals surface area (Å²) in [5, 5.41) is 0. The van der Waals surface area contributed by atoms with Gasteiger partial charge in [-0.2, -0.15) is 0 Å². The van der Waals surface area contributed by atoms with Gasteiger partial charge in [0, 0.05) is 19.6 Å². The molecule has 4 heteroatoms. The molecule has 1 saturated carbocycles. The molecule has 0 unspecified atom stereocenters. The SMILES string of the molecule is CN(C(N)=NCCc1ccc(OCc2ccccc2)cc1)C1CC1. The number of aliphatic imine (C=N–C) groups is 1. The van der Waals surface area contributed by atoms with Crippen LogP contribution in [0.3, 0.4) is 0 Å². The number of rotatable bonds is 7. The van der Waals surface area contributed by atoms with Crippen LogP contribution >= 0.6 is 0 Å². The van der Waals surface area contributed by atoms with Gasteiger partial charge < -0.3 is 15.4 Å². The molecule has 1 aliphatic carbocycles. The summed E-state index contributed by atoms with van der Waals surface area (Å²) in [5.74, 6) is 1.54. The lowest BCUT2D eigenvalue weighted by Gasteiger charge is -2.16. The fourth-order valence-electron chi connectivity index (χ4n) is 2.55. The predicted octanol–water partition coefficient (Wildman–Crippen LogP) is 3.22. The second-order valence-corrected chi connectivity index (χ2v) is 6.25. The smallest absolute Gasteiger partial charge is 0.191 e. The van der Waals surface area contributed by atoms with Gasteiger partial charge in [0.2, 0.25) is 0 Å². The van der Waals surface area contributed by atoms with Gasteiger partial charge in [0.15, 0.2) is 5.96 Å². The van der Waals surface area contributed by atoms with Gasteiger partial charge in [0.25, 0.3) is 0 Å². The van der Waals surface area contributed by atoms with E-state index in [1.807, 2.05) is 37.4 Å². The number of benzene rings is 2. The third kappa shape index (κ3) is 4.75. The maximum Gasteiger partial charge on any atom is 0.191 e. The van der Waals surface area contributed by atoms with Crippen molar-refractivity contribution in [2.75, 3.05) is 13.6 Å². The molecule has 1 fully saturated rings. The third-order valence-electron chi connectivity index (χ3n) is 4.30. The van der Waals surface area contributed by atoms with E-state index in [0.29, 0.717) is 25.2 Å². The summed E-state index contributed by atoms with van der Waals surface area (Å²) >= 11 is 0. The van der Waals surface area contributed by atoms with E-state index < -0.39 is 0 Å². The molecule has 2 aromatic rings. The van der Waals surface area contributed by atoms with E-state index in [2.05, 4.69) is 34.2 Å². The molecule has 0 atom stereocenters. The normalized spacial score (nSPS) is 14.5. The van der Waals surface area contributed by atoms with Crippen LogP contribution in [-0.4, -0.2) is 30.5 Å². The molecule has 0 heterocycles. The third-order valence-corrected chi connectivity index (χ3v) is 4.30. The highest BCUT2D eigenvalue weighted by Gasteiger charge is 2.27. The number of guanidine groups is 1. The Bertz CT molecular complexity index is 663. The largest absolute Gasteiger partial charge is 0.489 e. The molecule has 2 aromatic carbocycles. The summed E-state index contributed by atoms with van der Waals surface area (Å²) < 4.78 is 5.80. The maximum absolute atomic E-state index is 6.00. The fourth-order valence-corrected chi connectivity index (χ4v) is 2.55. The second kappa shape index (κ2) is 7.86. The van der Waals surface area contributed by atoms with Gasteiger partial charge in [0.05, 0.1) is 0 Å². The number of ether oxygens (including phenoxy) is 1. The Morgan fingerprint density at radius 3 is 2.46 bits per heavy atom. The average molecular weight is 323 g/mol. The summed E-state index contributed by atoms with van der Waals surface area (Å²) in [6.07, 6.45) is 3.35. The van der Waals surface area contributed by atoms with Crippen molar-refractivity contribution in [1.29, 1.82) is 0 Å². The first kappa shape index (κ1) is 16.4. The molecule has 0 bridgehead atoms. The van der Waals surface area contributed by atoms with Crippen LogP contribution in [0.25, 0.3) is 0 Å². The zero-order chi connectivity index (χ0) is 16.8. The van der Waals surface area contributed by atoms with Crippen molar-refractivity contribution in [2.45, 2.75) is 31.9 Å². The Balaban J connectivity index is 1.45. The molecule has 0 aliphatic heterocycles. The predicted molar refractivity (Wildman–Crippen MR) is 98.2 cm³/mol. The van der Waals surface area contributed by atoms with Gasteiger partial charge in [-0.25, -0.2) is 0 Å². The van der Waals surface area contributed by atoms with Gasteiger partial charge >= 0.3 is 0 Å². The molecule has 3 rings (SSSR count). The zero-order valence-electron chi connectivity index (χ0n) is 14.2. The van der Waals surface area contributed by atoms with E-state index in [-0.39, 0.29) is 0 Å². The molecule has 2 N–H and O–H groups in total. The molecule has 0 radical (unpaired) electrons. The van der Waals surface area contributed by atoms with Crippen LogP contribution in [0.5, 0.6) is 5.75 Å². The summed E-state index contributed by atoms with van der Waals surface area (Å²) in [6, 6.07) is 19.0. The maximum atomic E-state index is 6.00. The highest BCUT2D eigenvalue weighted by Crippen LogP contribution is 2.24. The standard InChI is InChI=1S/C20H25N3O/c1-23(18-9-10-18)20(21)22-14-13-16-7-11-19(12-8-16)24-15-17-5-3-2-4-6-17/h2-8,11-12,18H,9-10,13-15H2,1H3,(H2,21,22). The van der Waals surface area contributed by atoms with Crippen LogP contribution in [-0.2, 0) is 13.0 Å². The van der Waals surface area contributed by atoms with Crippen molar-refractivity contribution < 1.29 is 4.74 Å². The molecule has 126 valence electrons. The lowest BCUT2D eigenvalue weighted by atomic mass is 10.1. The summed E-state index contributed by atoms with van der Waals surface area (Å²) in [4.78, 5) is 6.55. The molecule has 1 aliphatic rings. The summed E-state index contributed by atoms with van der Waals surface area (Å²) in [7, 11) is 2.02. The van der Waals surface area contributed by atoms with E-state index in [4.69, 9.17) is 10.5 Å². The Morgan fingerprint density at radius 1 is 1.08 bits per heavy atom. The van der Waals surface area contributed by atoms with Gasteiger partial charge in [-0.05, 0) is 42.5 Å². The molecule has 0 amide bonds. The first-order valence-corrected chi connectivity index (χ1v) is 8.51. The minimum Gasteiger partial charge on any atom is -0.489 e. The van der Waals surface area contributed by atoms with Crippen molar-refractivity contribution in [2.24, 2.45) is 10.7 Å². The lowest BCUT2D eigenvalue weighted by molar-refractivity contribution is 0.306. The van der Waals surface area contributed by atoms with Crippen LogP contribution in [0.1, 0.15) is 24.0 Å². The molecule has 0 spiro atoms. The number of nitrogens with two attached hydrogens (primary N) is 1. The lowest BCUT2D eigenvalue weighted by Crippen LogP contribution is -2.35. The fraction of sp³-hybridized carbons (Fsp3) is 0.350. The molecule has 0 saturated heterocycles. The van der Waals surface area contributed by atoms with Crippen LogP contribution in [0, 0.1) is 0 Å². The summed E-state index contributed by atoms with van der Waals surface area (Å²) in [6.45, 7) is 1.31. The Labute approximate surface area is 144 Å². The van der Waals surface area contributed by atoms with Crippen LogP contribution < -0.4 is 10.5 Å². The van der Waals surface area contributed by atoms with Crippen molar-refractivity contribution in [3.8, 4) is 5.75 Å². The first-order valence-electron chi connectivity index (χ1n) is 8.51. The minimum atomic E-state index is 0.592. The minimum absolute atomic E-state index is 0.592. The quantitative estimate of drug-likeness (QED) is 0.629. The zero-order valence-corrected chi connectivity index (χ0v) is 14.2. The van der Waals surface area contributed by atoms with E-state index >= 15 is 0 Å². The monoisotopic (exact) mass is 323 g/mol. The first-order chi connectivity index (χ1) is 11.7. The van der Waals surface area contributed by atoms with E-state index in [1.54, 1.807) is 0 Å². The van der Waals surface area contributed by atoms with Crippen molar-refractivity contribution in [3.05, 3.63) is 65.7 Å². The average Bonchev–Trinajstić information content (AvgIpc) is 3.46. The van der Waals surface area contributed by atoms with Gasteiger partial charge in [-0.1, -0.05) is 42.5 Å². The van der Waals surface area contributed by atoms with Crippen molar-refractivity contribution >= 4 is 5.96 Å². The topological polar surface area (TPSA) is 50.8 Å². The van der Waals surface area contributed by atoms with Crippen LogP contribution in [0.15, 0.2) is 59.6 Å². The highest BCUT2D eigenvalue weighted by molar-refractivity contribution is 5.78. The molecular weight excluding hydrogens is 298 g/mol. The van der Waals surface area contributed by atoms with E-state index in [9.17, 15) is 0 Å². The number of hydrogen-bond donors (Lipinski definition) is 1. The second-order valence-electron chi connectivity index (χ2n) is 6.25. The van der Waals surface area contributed by atoms with Gasteiger partial charge in [-0.15, -0.1) is 0 Å². The molecular formula is C20H25N3O. The Morgan fingerprint density at radius 2 is 1.79 bits per heavy atom. The van der Waals surface area contributed by atoms with Crippen LogP contribution in [0.4, 0.5) is 0 Å². The Kier molecular flexibility index (Phi) is 5.36. The van der Waals surface area contributed by atoms with Crippen molar-refractivity contribution in [1.82, 2.24) is 4.90 Å². The Hall–Kier alpha value is -2.49. The number of nitrogens with zero attached hydrogens (tertiary/aromatic N) is 2. The highest BCUT2D eigenvalue weighted by atomic mass is 16.5. The molecule has 0 aromatic heterocycles.